The number of rotatable bonds is 23. The summed E-state index contributed by atoms with van der Waals surface area (Å²) < 4.78 is 0. The van der Waals surface area contributed by atoms with Gasteiger partial charge in [-0.3, -0.25) is 4.79 Å². The van der Waals surface area contributed by atoms with Gasteiger partial charge in [0, 0.05) is 6.42 Å². The minimum absolute atomic E-state index is 0.0397. The molecule has 0 aromatic heterocycles. The van der Waals surface area contributed by atoms with Crippen molar-refractivity contribution in [1.82, 2.24) is 5.32 Å². The van der Waals surface area contributed by atoms with Crippen molar-refractivity contribution in [3.05, 3.63) is 0 Å². The van der Waals surface area contributed by atoms with Crippen molar-refractivity contribution >= 4 is 5.91 Å². The van der Waals surface area contributed by atoms with E-state index in [2.05, 4.69) is 19.2 Å². The van der Waals surface area contributed by atoms with Crippen LogP contribution in [0.25, 0.3) is 0 Å². The SMILES string of the molecule is CCCCCCCCCCCCC(O)C(CO)NC(=O)CCCCCCCCCC. The summed E-state index contributed by atoms with van der Waals surface area (Å²) in [6, 6.07) is -0.523. The molecule has 0 rings (SSSR count). The van der Waals surface area contributed by atoms with Gasteiger partial charge in [0.1, 0.15) is 0 Å². The summed E-state index contributed by atoms with van der Waals surface area (Å²) in [6.45, 7) is 4.28. The van der Waals surface area contributed by atoms with E-state index in [0.717, 1.165) is 25.7 Å². The summed E-state index contributed by atoms with van der Waals surface area (Å²) in [4.78, 5) is 12.1. The first-order chi connectivity index (χ1) is 14.7. The molecule has 0 saturated carbocycles. The molecule has 0 aliphatic carbocycles. The largest absolute Gasteiger partial charge is 0.394 e. The molecule has 3 N–H and O–H groups in total. The van der Waals surface area contributed by atoms with Crippen LogP contribution >= 0.6 is 0 Å². The van der Waals surface area contributed by atoms with Gasteiger partial charge in [-0.1, -0.05) is 123 Å². The lowest BCUT2D eigenvalue weighted by atomic mass is 10.0. The second-order valence-electron chi connectivity index (χ2n) is 9.12. The highest BCUT2D eigenvalue weighted by Crippen LogP contribution is 2.13. The van der Waals surface area contributed by atoms with Crippen LogP contribution < -0.4 is 5.32 Å². The minimum atomic E-state index is -0.647. The van der Waals surface area contributed by atoms with Crippen LogP contribution in [0.1, 0.15) is 142 Å². The molecule has 0 saturated heterocycles. The quantitative estimate of drug-likeness (QED) is 0.160. The maximum Gasteiger partial charge on any atom is 0.220 e. The van der Waals surface area contributed by atoms with Gasteiger partial charge in [0.15, 0.2) is 0 Å². The Kier molecular flexibility index (Phi) is 22.6. The van der Waals surface area contributed by atoms with E-state index < -0.39 is 12.1 Å². The summed E-state index contributed by atoms with van der Waals surface area (Å²) in [5.74, 6) is -0.0397. The summed E-state index contributed by atoms with van der Waals surface area (Å²) in [5, 5.41) is 22.7. The lowest BCUT2D eigenvalue weighted by molar-refractivity contribution is -0.123. The summed E-state index contributed by atoms with van der Waals surface area (Å²) in [5.41, 5.74) is 0. The molecular weight excluding hydrogens is 374 g/mol. The molecule has 2 atom stereocenters. The first-order valence-electron chi connectivity index (χ1n) is 13.2. The van der Waals surface area contributed by atoms with Crippen molar-refractivity contribution < 1.29 is 15.0 Å². The lowest BCUT2D eigenvalue weighted by Crippen LogP contribution is -2.45. The molecule has 0 radical (unpaired) electrons. The fraction of sp³-hybridized carbons (Fsp3) is 0.962. The summed E-state index contributed by atoms with van der Waals surface area (Å²) in [7, 11) is 0. The fourth-order valence-electron chi connectivity index (χ4n) is 4.00. The number of hydrogen-bond acceptors (Lipinski definition) is 3. The van der Waals surface area contributed by atoms with Crippen molar-refractivity contribution in [1.29, 1.82) is 0 Å². The molecule has 4 heteroatoms. The van der Waals surface area contributed by atoms with Crippen LogP contribution in [0, 0.1) is 0 Å². The van der Waals surface area contributed by atoms with E-state index in [1.807, 2.05) is 0 Å². The third kappa shape index (κ3) is 19.4. The topological polar surface area (TPSA) is 69.6 Å². The number of amides is 1. The van der Waals surface area contributed by atoms with Crippen LogP contribution in [0.5, 0.6) is 0 Å². The normalized spacial score (nSPS) is 13.3. The number of carbonyl (C=O) groups is 1. The standard InChI is InChI=1S/C26H53NO3/c1-3-5-7-9-11-13-14-15-17-19-21-25(29)24(23-28)27-26(30)22-20-18-16-12-10-8-6-4-2/h24-25,28-29H,3-23H2,1-2H3,(H,27,30). The van der Waals surface area contributed by atoms with Crippen LogP contribution in [0.15, 0.2) is 0 Å². The maximum atomic E-state index is 12.1. The van der Waals surface area contributed by atoms with Crippen LogP contribution in [0.2, 0.25) is 0 Å². The molecule has 0 aliphatic heterocycles. The van der Waals surface area contributed by atoms with E-state index in [1.165, 1.54) is 89.9 Å². The van der Waals surface area contributed by atoms with Crippen LogP contribution in [0.4, 0.5) is 0 Å². The molecule has 0 heterocycles. The Bertz CT molecular complexity index is 362. The van der Waals surface area contributed by atoms with E-state index >= 15 is 0 Å². The Hall–Kier alpha value is -0.610. The number of aliphatic hydroxyl groups is 2. The van der Waals surface area contributed by atoms with Crippen molar-refractivity contribution in [2.75, 3.05) is 6.61 Å². The smallest absolute Gasteiger partial charge is 0.220 e. The number of carbonyl (C=O) groups excluding carboxylic acids is 1. The van der Waals surface area contributed by atoms with E-state index in [-0.39, 0.29) is 12.5 Å². The van der Waals surface area contributed by atoms with Crippen LogP contribution in [0.3, 0.4) is 0 Å². The zero-order valence-corrected chi connectivity index (χ0v) is 20.3. The molecule has 0 spiro atoms. The second kappa shape index (κ2) is 23.1. The van der Waals surface area contributed by atoms with Gasteiger partial charge in [-0.25, -0.2) is 0 Å². The predicted octanol–water partition coefficient (Wildman–Crippen LogP) is 6.67. The number of nitrogens with one attached hydrogen (secondary N) is 1. The number of unbranched alkanes of at least 4 members (excludes halogenated alkanes) is 16. The van der Waals surface area contributed by atoms with E-state index in [4.69, 9.17) is 0 Å². The van der Waals surface area contributed by atoms with Gasteiger partial charge in [-0.2, -0.15) is 0 Å². The molecule has 0 aliphatic rings. The molecule has 180 valence electrons. The first-order valence-corrected chi connectivity index (χ1v) is 13.2. The lowest BCUT2D eigenvalue weighted by Gasteiger charge is -2.22. The number of aliphatic hydroxyl groups excluding tert-OH is 2. The van der Waals surface area contributed by atoms with Gasteiger partial charge in [0.05, 0.1) is 18.8 Å². The van der Waals surface area contributed by atoms with Gasteiger partial charge in [-0.05, 0) is 12.8 Å². The third-order valence-electron chi connectivity index (χ3n) is 6.12. The van der Waals surface area contributed by atoms with E-state index in [1.54, 1.807) is 0 Å². The summed E-state index contributed by atoms with van der Waals surface area (Å²) in [6.07, 6.45) is 22.8. The Morgan fingerprint density at radius 1 is 0.667 bits per heavy atom. The van der Waals surface area contributed by atoms with Crippen molar-refractivity contribution in [3.8, 4) is 0 Å². The predicted molar refractivity (Wildman–Crippen MR) is 129 cm³/mol. The molecule has 0 fully saturated rings. The van der Waals surface area contributed by atoms with E-state index in [0.29, 0.717) is 12.8 Å². The summed E-state index contributed by atoms with van der Waals surface area (Å²) >= 11 is 0. The fourth-order valence-corrected chi connectivity index (χ4v) is 4.00. The molecule has 30 heavy (non-hydrogen) atoms. The molecule has 0 aromatic rings. The molecule has 4 nitrogen and oxygen atoms in total. The van der Waals surface area contributed by atoms with E-state index in [9.17, 15) is 15.0 Å². The average Bonchev–Trinajstić information content (AvgIpc) is 2.75. The zero-order chi connectivity index (χ0) is 22.3. The highest BCUT2D eigenvalue weighted by atomic mass is 16.3. The van der Waals surface area contributed by atoms with Crippen molar-refractivity contribution in [2.24, 2.45) is 0 Å². The average molecular weight is 428 g/mol. The monoisotopic (exact) mass is 427 g/mol. The van der Waals surface area contributed by atoms with Gasteiger partial charge < -0.3 is 15.5 Å². The zero-order valence-electron chi connectivity index (χ0n) is 20.3. The molecule has 2 unspecified atom stereocenters. The van der Waals surface area contributed by atoms with Crippen molar-refractivity contribution in [2.45, 2.75) is 154 Å². The second-order valence-corrected chi connectivity index (χ2v) is 9.12. The highest BCUT2D eigenvalue weighted by molar-refractivity contribution is 5.76. The Morgan fingerprint density at radius 2 is 1.07 bits per heavy atom. The first kappa shape index (κ1) is 29.4. The Labute approximate surface area is 187 Å². The van der Waals surface area contributed by atoms with Crippen LogP contribution in [-0.4, -0.2) is 34.9 Å². The number of hydrogen-bond donors (Lipinski definition) is 3. The third-order valence-corrected chi connectivity index (χ3v) is 6.12. The van der Waals surface area contributed by atoms with Gasteiger partial charge in [0.25, 0.3) is 0 Å². The molecule has 1 amide bonds. The maximum absolute atomic E-state index is 12.1. The molecule has 0 bridgehead atoms. The minimum Gasteiger partial charge on any atom is -0.394 e. The van der Waals surface area contributed by atoms with Crippen molar-refractivity contribution in [3.63, 3.8) is 0 Å². The van der Waals surface area contributed by atoms with Gasteiger partial charge in [0.2, 0.25) is 5.91 Å². The molecular formula is C26H53NO3. The Balaban J connectivity index is 3.64. The van der Waals surface area contributed by atoms with Crippen LogP contribution in [-0.2, 0) is 4.79 Å². The van der Waals surface area contributed by atoms with Gasteiger partial charge in [-0.15, -0.1) is 0 Å². The van der Waals surface area contributed by atoms with Gasteiger partial charge >= 0.3 is 0 Å². The molecule has 0 aromatic carbocycles. The Morgan fingerprint density at radius 3 is 1.50 bits per heavy atom. The highest BCUT2D eigenvalue weighted by Gasteiger charge is 2.19.